The van der Waals surface area contributed by atoms with Gasteiger partial charge in [-0.15, -0.1) is 0 Å². The van der Waals surface area contributed by atoms with Gasteiger partial charge in [0.2, 0.25) is 0 Å². The number of hydrogen-bond acceptors (Lipinski definition) is 0. The van der Waals surface area contributed by atoms with Crippen molar-refractivity contribution >= 4 is 0 Å². The van der Waals surface area contributed by atoms with E-state index in [1.807, 2.05) is 0 Å². The summed E-state index contributed by atoms with van der Waals surface area (Å²) in [5.41, 5.74) is 1.52. The Morgan fingerprint density at radius 2 is 1.71 bits per heavy atom. The molecule has 3 heteroatoms. The molecule has 17 heavy (non-hydrogen) atoms. The van der Waals surface area contributed by atoms with Gasteiger partial charge in [0.25, 0.3) is 0 Å². The third-order valence-electron chi connectivity index (χ3n) is 2.63. The highest BCUT2D eigenvalue weighted by Crippen LogP contribution is 2.25. The lowest BCUT2D eigenvalue weighted by Crippen LogP contribution is -1.90. The standard InChI is InChI=1S/C14H11F3/c1-9-2-5-12(14(17)6-9)10-3-4-11(8-15)13(16)7-10/h2-7H,8H2,1H3. The molecule has 2 aromatic rings. The highest BCUT2D eigenvalue weighted by Gasteiger charge is 2.08. The van der Waals surface area contributed by atoms with Crippen LogP contribution in [0.25, 0.3) is 11.1 Å². The van der Waals surface area contributed by atoms with E-state index >= 15 is 0 Å². The maximum atomic E-state index is 13.7. The van der Waals surface area contributed by atoms with Crippen molar-refractivity contribution in [1.82, 2.24) is 0 Å². The minimum absolute atomic E-state index is 0.0127. The van der Waals surface area contributed by atoms with Crippen LogP contribution in [0, 0.1) is 18.6 Å². The fourth-order valence-electron chi connectivity index (χ4n) is 1.68. The molecule has 88 valence electrons. The van der Waals surface area contributed by atoms with Crippen molar-refractivity contribution in [3.63, 3.8) is 0 Å². The van der Waals surface area contributed by atoms with Gasteiger partial charge in [-0.1, -0.05) is 24.3 Å². The second-order valence-corrected chi connectivity index (χ2v) is 3.92. The van der Waals surface area contributed by atoms with E-state index in [0.29, 0.717) is 11.1 Å². The van der Waals surface area contributed by atoms with Crippen molar-refractivity contribution in [3.8, 4) is 11.1 Å². The van der Waals surface area contributed by atoms with E-state index < -0.39 is 18.3 Å². The average Bonchev–Trinajstić information content (AvgIpc) is 2.29. The molecular weight excluding hydrogens is 225 g/mol. The van der Waals surface area contributed by atoms with Crippen LogP contribution in [-0.2, 0) is 6.67 Å². The molecule has 2 rings (SSSR count). The first-order valence-electron chi connectivity index (χ1n) is 5.22. The molecule has 0 saturated heterocycles. The lowest BCUT2D eigenvalue weighted by Gasteiger charge is -2.06. The second-order valence-electron chi connectivity index (χ2n) is 3.92. The van der Waals surface area contributed by atoms with Gasteiger partial charge in [0.15, 0.2) is 0 Å². The molecule has 0 radical (unpaired) electrons. The first kappa shape index (κ1) is 11.7. The topological polar surface area (TPSA) is 0 Å². The third kappa shape index (κ3) is 2.33. The quantitative estimate of drug-likeness (QED) is 0.724. The van der Waals surface area contributed by atoms with Crippen LogP contribution >= 0.6 is 0 Å². The fourth-order valence-corrected chi connectivity index (χ4v) is 1.68. The Hall–Kier alpha value is -1.77. The Labute approximate surface area is 97.7 Å². The number of rotatable bonds is 2. The number of halogens is 3. The summed E-state index contributed by atoms with van der Waals surface area (Å²) in [7, 11) is 0. The Balaban J connectivity index is 2.50. The van der Waals surface area contributed by atoms with E-state index in [-0.39, 0.29) is 5.56 Å². The van der Waals surface area contributed by atoms with E-state index in [2.05, 4.69) is 0 Å². The number of aryl methyl sites for hydroxylation is 1. The van der Waals surface area contributed by atoms with E-state index in [1.165, 1.54) is 18.2 Å². The Kier molecular flexibility index (Phi) is 3.18. The highest BCUT2D eigenvalue weighted by molar-refractivity contribution is 5.65. The zero-order chi connectivity index (χ0) is 12.4. The van der Waals surface area contributed by atoms with Crippen LogP contribution < -0.4 is 0 Å². The van der Waals surface area contributed by atoms with E-state index in [4.69, 9.17) is 0 Å². The van der Waals surface area contributed by atoms with Crippen molar-refractivity contribution in [3.05, 3.63) is 59.2 Å². The molecule has 0 aliphatic carbocycles. The molecule has 0 bridgehead atoms. The maximum absolute atomic E-state index is 13.7. The first-order valence-corrected chi connectivity index (χ1v) is 5.22. The molecule has 0 amide bonds. The molecule has 0 unspecified atom stereocenters. The van der Waals surface area contributed by atoms with Crippen LogP contribution in [0.3, 0.4) is 0 Å². The van der Waals surface area contributed by atoms with Crippen molar-refractivity contribution in [2.45, 2.75) is 13.6 Å². The molecule has 0 fully saturated rings. The van der Waals surface area contributed by atoms with Gasteiger partial charge in [0.1, 0.15) is 18.3 Å². The van der Waals surface area contributed by atoms with Crippen molar-refractivity contribution in [2.75, 3.05) is 0 Å². The molecule has 0 aliphatic rings. The number of hydrogen-bond donors (Lipinski definition) is 0. The van der Waals surface area contributed by atoms with Gasteiger partial charge in [-0.05, 0) is 30.2 Å². The fraction of sp³-hybridized carbons (Fsp3) is 0.143. The molecular formula is C14H11F3. The SMILES string of the molecule is Cc1ccc(-c2ccc(CF)c(F)c2)c(F)c1. The highest BCUT2D eigenvalue weighted by atomic mass is 19.1. The normalized spacial score (nSPS) is 10.6. The van der Waals surface area contributed by atoms with Crippen LogP contribution in [-0.4, -0.2) is 0 Å². The van der Waals surface area contributed by atoms with Crippen molar-refractivity contribution in [2.24, 2.45) is 0 Å². The number of alkyl halides is 1. The smallest absolute Gasteiger partial charge is 0.131 e. The first-order chi connectivity index (χ1) is 8.11. The van der Waals surface area contributed by atoms with Gasteiger partial charge in [0.05, 0.1) is 0 Å². The summed E-state index contributed by atoms with van der Waals surface area (Å²) in [4.78, 5) is 0. The average molecular weight is 236 g/mol. The summed E-state index contributed by atoms with van der Waals surface area (Å²) in [6, 6.07) is 8.74. The summed E-state index contributed by atoms with van der Waals surface area (Å²) in [5, 5.41) is 0. The van der Waals surface area contributed by atoms with Crippen LogP contribution in [0.2, 0.25) is 0 Å². The minimum atomic E-state index is -0.859. The molecule has 0 nitrogen and oxygen atoms in total. The lowest BCUT2D eigenvalue weighted by atomic mass is 10.0. The molecule has 0 heterocycles. The molecule has 0 aromatic heterocycles. The monoisotopic (exact) mass is 236 g/mol. The summed E-state index contributed by atoms with van der Waals surface area (Å²) < 4.78 is 39.4. The van der Waals surface area contributed by atoms with Gasteiger partial charge in [-0.25, -0.2) is 13.2 Å². The third-order valence-corrected chi connectivity index (χ3v) is 2.63. The van der Waals surface area contributed by atoms with Crippen molar-refractivity contribution in [1.29, 1.82) is 0 Å². The molecule has 0 atom stereocenters. The molecule has 0 aliphatic heterocycles. The van der Waals surface area contributed by atoms with Gasteiger partial charge in [-0.2, -0.15) is 0 Å². The van der Waals surface area contributed by atoms with Crippen molar-refractivity contribution < 1.29 is 13.2 Å². The lowest BCUT2D eigenvalue weighted by molar-refractivity contribution is 0.464. The summed E-state index contributed by atoms with van der Waals surface area (Å²) in [6.07, 6.45) is 0. The van der Waals surface area contributed by atoms with Gasteiger partial charge < -0.3 is 0 Å². The van der Waals surface area contributed by atoms with Crippen LogP contribution in [0.5, 0.6) is 0 Å². The van der Waals surface area contributed by atoms with E-state index in [1.54, 1.807) is 19.1 Å². The summed E-state index contributed by atoms with van der Waals surface area (Å²) >= 11 is 0. The van der Waals surface area contributed by atoms with Crippen LogP contribution in [0.1, 0.15) is 11.1 Å². The predicted molar refractivity (Wildman–Crippen MR) is 61.3 cm³/mol. The van der Waals surface area contributed by atoms with Crippen LogP contribution in [0.4, 0.5) is 13.2 Å². The molecule has 0 saturated carbocycles. The zero-order valence-corrected chi connectivity index (χ0v) is 9.31. The van der Waals surface area contributed by atoms with Crippen LogP contribution in [0.15, 0.2) is 36.4 Å². The van der Waals surface area contributed by atoms with Gasteiger partial charge >= 0.3 is 0 Å². The maximum Gasteiger partial charge on any atom is 0.131 e. The Bertz CT molecular complexity index is 547. The van der Waals surface area contributed by atoms with Gasteiger partial charge in [-0.3, -0.25) is 0 Å². The predicted octanol–water partition coefficient (Wildman–Crippen LogP) is 4.41. The Morgan fingerprint density at radius 3 is 2.29 bits per heavy atom. The minimum Gasteiger partial charge on any atom is -0.246 e. The molecule has 0 spiro atoms. The Morgan fingerprint density at radius 1 is 0.941 bits per heavy atom. The summed E-state index contributed by atoms with van der Waals surface area (Å²) in [6.45, 7) is 0.919. The number of benzene rings is 2. The summed E-state index contributed by atoms with van der Waals surface area (Å²) in [5.74, 6) is -1.05. The second kappa shape index (κ2) is 4.62. The zero-order valence-electron chi connectivity index (χ0n) is 9.31. The molecule has 2 aromatic carbocycles. The van der Waals surface area contributed by atoms with E-state index in [9.17, 15) is 13.2 Å². The molecule has 0 N–H and O–H groups in total. The van der Waals surface area contributed by atoms with Gasteiger partial charge in [0, 0.05) is 11.1 Å². The van der Waals surface area contributed by atoms with E-state index in [0.717, 1.165) is 11.6 Å². The largest absolute Gasteiger partial charge is 0.246 e.